The maximum Gasteiger partial charge on any atom is 0.317 e. The lowest BCUT2D eigenvalue weighted by molar-refractivity contribution is -0.143. The molecule has 3 aromatic rings. The number of likely N-dealkylation sites (N-methyl/N-ethyl adjacent to an activating group) is 1. The molecule has 1 heterocycles. The number of esters is 1. The van der Waals surface area contributed by atoms with Crippen molar-refractivity contribution in [3.63, 3.8) is 0 Å². The molecule has 8 heteroatoms. The molecule has 0 aliphatic rings. The van der Waals surface area contributed by atoms with Gasteiger partial charge in [0.1, 0.15) is 0 Å². The summed E-state index contributed by atoms with van der Waals surface area (Å²) in [6.45, 7) is 2.44. The van der Waals surface area contributed by atoms with Crippen LogP contribution < -0.4 is 5.32 Å². The van der Waals surface area contributed by atoms with Crippen molar-refractivity contribution >= 4 is 12.0 Å². The Kier molecular flexibility index (Phi) is 7.75. The summed E-state index contributed by atoms with van der Waals surface area (Å²) in [5, 5.41) is 6.90. The van der Waals surface area contributed by atoms with Gasteiger partial charge in [-0.05, 0) is 24.6 Å². The van der Waals surface area contributed by atoms with Crippen molar-refractivity contribution in [1.82, 2.24) is 20.4 Å². The van der Waals surface area contributed by atoms with Crippen LogP contribution in [0.15, 0.2) is 65.2 Å². The summed E-state index contributed by atoms with van der Waals surface area (Å²) >= 11 is 0. The van der Waals surface area contributed by atoms with E-state index in [1.165, 1.54) is 4.90 Å². The predicted octanol–water partition coefficient (Wildman–Crippen LogP) is 3.62. The molecule has 0 saturated heterocycles. The van der Waals surface area contributed by atoms with Crippen LogP contribution in [-0.2, 0) is 16.0 Å². The molecule has 0 bridgehead atoms. The van der Waals surface area contributed by atoms with Crippen LogP contribution in [0.3, 0.4) is 0 Å². The Morgan fingerprint density at radius 3 is 2.45 bits per heavy atom. The van der Waals surface area contributed by atoms with E-state index in [0.29, 0.717) is 31.3 Å². The molecule has 1 atom stereocenters. The maximum atomic E-state index is 12.7. The Morgan fingerprint density at radius 1 is 1.10 bits per heavy atom. The molecule has 0 saturated carbocycles. The average Bonchev–Trinajstić information content (AvgIpc) is 3.27. The zero-order valence-electron chi connectivity index (χ0n) is 17.7. The van der Waals surface area contributed by atoms with Gasteiger partial charge in [-0.25, -0.2) is 4.79 Å². The van der Waals surface area contributed by atoms with E-state index in [1.54, 1.807) is 14.0 Å². The molecule has 1 aromatic heterocycles. The minimum atomic E-state index is -0.481. The number of hydrogen-bond acceptors (Lipinski definition) is 6. The van der Waals surface area contributed by atoms with E-state index in [9.17, 15) is 9.59 Å². The van der Waals surface area contributed by atoms with E-state index < -0.39 is 6.04 Å². The largest absolute Gasteiger partial charge is 0.466 e. The molecule has 2 amide bonds. The van der Waals surface area contributed by atoms with Crippen LogP contribution >= 0.6 is 0 Å². The van der Waals surface area contributed by atoms with E-state index in [-0.39, 0.29) is 18.4 Å². The average molecular weight is 422 g/mol. The third-order valence-corrected chi connectivity index (χ3v) is 4.68. The molecule has 0 radical (unpaired) electrons. The molecule has 2 aromatic carbocycles. The number of hydrogen-bond donors (Lipinski definition) is 1. The van der Waals surface area contributed by atoms with Crippen molar-refractivity contribution < 1.29 is 18.8 Å². The van der Waals surface area contributed by atoms with Gasteiger partial charge in [-0.1, -0.05) is 53.7 Å². The summed E-state index contributed by atoms with van der Waals surface area (Å²) in [6.07, 6.45) is 0.497. The monoisotopic (exact) mass is 422 g/mol. The SMILES string of the molecule is CCOC(=O)CC(NC(=O)N(C)CCc1noc(-c2ccccc2)n1)c1ccccc1. The van der Waals surface area contributed by atoms with Gasteiger partial charge in [0.25, 0.3) is 5.89 Å². The van der Waals surface area contributed by atoms with Crippen LogP contribution in [0.4, 0.5) is 4.79 Å². The zero-order valence-corrected chi connectivity index (χ0v) is 17.7. The minimum Gasteiger partial charge on any atom is -0.466 e. The minimum absolute atomic E-state index is 0.0582. The Hall–Kier alpha value is -3.68. The molecule has 1 N–H and O–H groups in total. The summed E-state index contributed by atoms with van der Waals surface area (Å²) < 4.78 is 10.4. The number of amides is 2. The molecular weight excluding hydrogens is 396 g/mol. The first-order chi connectivity index (χ1) is 15.1. The second-order valence-corrected chi connectivity index (χ2v) is 6.98. The van der Waals surface area contributed by atoms with Crippen LogP contribution in [0.2, 0.25) is 0 Å². The number of rotatable bonds is 9. The van der Waals surface area contributed by atoms with Gasteiger partial charge in [0, 0.05) is 25.6 Å². The zero-order chi connectivity index (χ0) is 22.1. The molecule has 1 unspecified atom stereocenters. The Morgan fingerprint density at radius 2 is 1.77 bits per heavy atom. The number of carbonyl (C=O) groups excluding carboxylic acids is 2. The van der Waals surface area contributed by atoms with Gasteiger partial charge in [-0.15, -0.1) is 0 Å². The summed E-state index contributed by atoms with van der Waals surface area (Å²) in [5.41, 5.74) is 1.68. The first kappa shape index (κ1) is 22.0. The molecule has 162 valence electrons. The highest BCUT2D eigenvalue weighted by Crippen LogP contribution is 2.18. The number of benzene rings is 2. The van der Waals surface area contributed by atoms with E-state index in [1.807, 2.05) is 60.7 Å². The molecule has 0 spiro atoms. The van der Waals surface area contributed by atoms with E-state index in [0.717, 1.165) is 11.1 Å². The standard InChI is InChI=1S/C23H26N4O4/c1-3-30-21(28)16-19(17-10-6-4-7-11-17)24-23(29)27(2)15-14-20-25-22(31-26-20)18-12-8-5-9-13-18/h4-13,19H,3,14-16H2,1-2H3,(H,24,29). The Balaban J connectivity index is 1.58. The van der Waals surface area contributed by atoms with Crippen molar-refractivity contribution in [2.45, 2.75) is 25.8 Å². The quantitative estimate of drug-likeness (QED) is 0.529. The second-order valence-electron chi connectivity index (χ2n) is 6.98. The number of nitrogens with one attached hydrogen (secondary N) is 1. The van der Waals surface area contributed by atoms with Crippen molar-refractivity contribution in [2.75, 3.05) is 20.2 Å². The second kappa shape index (κ2) is 10.9. The Bertz CT molecular complexity index is 976. The van der Waals surface area contributed by atoms with Crippen molar-refractivity contribution in [2.24, 2.45) is 0 Å². The normalized spacial score (nSPS) is 11.5. The van der Waals surface area contributed by atoms with Gasteiger partial charge < -0.3 is 19.5 Å². The van der Waals surface area contributed by atoms with E-state index in [2.05, 4.69) is 15.5 Å². The van der Waals surface area contributed by atoms with Gasteiger partial charge in [0.15, 0.2) is 5.82 Å². The fourth-order valence-corrected chi connectivity index (χ4v) is 3.01. The first-order valence-corrected chi connectivity index (χ1v) is 10.2. The smallest absolute Gasteiger partial charge is 0.317 e. The van der Waals surface area contributed by atoms with Gasteiger partial charge in [0.05, 0.1) is 19.1 Å². The molecule has 8 nitrogen and oxygen atoms in total. The van der Waals surface area contributed by atoms with Gasteiger partial charge in [-0.3, -0.25) is 4.79 Å². The van der Waals surface area contributed by atoms with E-state index >= 15 is 0 Å². The van der Waals surface area contributed by atoms with Crippen LogP contribution in [-0.4, -0.2) is 47.2 Å². The summed E-state index contributed by atoms with van der Waals surface area (Å²) in [6, 6.07) is 18.1. The molecule has 31 heavy (non-hydrogen) atoms. The van der Waals surface area contributed by atoms with E-state index in [4.69, 9.17) is 9.26 Å². The third kappa shape index (κ3) is 6.40. The number of urea groups is 1. The van der Waals surface area contributed by atoms with Crippen molar-refractivity contribution in [3.8, 4) is 11.5 Å². The highest BCUT2D eigenvalue weighted by molar-refractivity contribution is 5.76. The van der Waals surface area contributed by atoms with Crippen LogP contribution in [0.1, 0.15) is 30.8 Å². The molecular formula is C23H26N4O4. The van der Waals surface area contributed by atoms with Crippen LogP contribution in [0, 0.1) is 0 Å². The molecule has 0 aliphatic carbocycles. The van der Waals surface area contributed by atoms with Gasteiger partial charge in [0.2, 0.25) is 0 Å². The first-order valence-electron chi connectivity index (χ1n) is 10.2. The topological polar surface area (TPSA) is 97.6 Å². The number of carbonyl (C=O) groups is 2. The third-order valence-electron chi connectivity index (χ3n) is 4.68. The lowest BCUT2D eigenvalue weighted by atomic mass is 10.0. The summed E-state index contributed by atoms with van der Waals surface area (Å²) in [4.78, 5) is 30.6. The number of ether oxygens (including phenoxy) is 1. The molecule has 0 aliphatic heterocycles. The van der Waals surface area contributed by atoms with Crippen LogP contribution in [0.5, 0.6) is 0 Å². The fourth-order valence-electron chi connectivity index (χ4n) is 3.01. The molecule has 0 fully saturated rings. The maximum absolute atomic E-state index is 12.7. The lowest BCUT2D eigenvalue weighted by Crippen LogP contribution is -2.41. The number of nitrogens with zero attached hydrogens (tertiary/aromatic N) is 3. The number of aromatic nitrogens is 2. The fraction of sp³-hybridized carbons (Fsp3) is 0.304. The summed E-state index contributed by atoms with van der Waals surface area (Å²) in [7, 11) is 1.68. The predicted molar refractivity (Wildman–Crippen MR) is 115 cm³/mol. The van der Waals surface area contributed by atoms with Gasteiger partial charge >= 0.3 is 12.0 Å². The highest BCUT2D eigenvalue weighted by atomic mass is 16.5. The van der Waals surface area contributed by atoms with Crippen molar-refractivity contribution in [3.05, 3.63) is 72.1 Å². The Labute approximate surface area is 181 Å². The highest BCUT2D eigenvalue weighted by Gasteiger charge is 2.21. The lowest BCUT2D eigenvalue weighted by Gasteiger charge is -2.23. The van der Waals surface area contributed by atoms with Crippen LogP contribution in [0.25, 0.3) is 11.5 Å². The molecule has 3 rings (SSSR count). The van der Waals surface area contributed by atoms with Crippen molar-refractivity contribution in [1.29, 1.82) is 0 Å². The van der Waals surface area contributed by atoms with Gasteiger partial charge in [-0.2, -0.15) is 4.98 Å². The summed E-state index contributed by atoms with van der Waals surface area (Å²) in [5.74, 6) is 0.602.